The van der Waals surface area contributed by atoms with Gasteiger partial charge in [0, 0.05) is 11.9 Å². The molecule has 1 aromatic carbocycles. The number of amides is 1. The van der Waals surface area contributed by atoms with E-state index in [-0.39, 0.29) is 18.3 Å². The van der Waals surface area contributed by atoms with E-state index >= 15 is 0 Å². The van der Waals surface area contributed by atoms with Crippen molar-refractivity contribution in [3.8, 4) is 5.75 Å². The zero-order valence-electron chi connectivity index (χ0n) is 20.3. The number of carbonyl (C=O) groups excluding carboxylic acids is 2. The van der Waals surface area contributed by atoms with Crippen LogP contribution in [0, 0.1) is 6.92 Å². The first kappa shape index (κ1) is 25.2. The second kappa shape index (κ2) is 11.7. The minimum absolute atomic E-state index is 0.147. The second-order valence-corrected chi connectivity index (χ2v) is 10.6. The van der Waals surface area contributed by atoms with Crippen LogP contribution in [-0.2, 0) is 36.0 Å². The maximum atomic E-state index is 12.8. The molecule has 1 aliphatic rings. The van der Waals surface area contributed by atoms with Gasteiger partial charge in [-0.1, -0.05) is 42.3 Å². The van der Waals surface area contributed by atoms with Crippen LogP contribution < -0.4 is 10.1 Å². The van der Waals surface area contributed by atoms with Crippen molar-refractivity contribution in [1.82, 2.24) is 14.8 Å². The van der Waals surface area contributed by atoms with Crippen molar-refractivity contribution in [2.45, 2.75) is 57.2 Å². The van der Waals surface area contributed by atoms with Gasteiger partial charge in [-0.05, 0) is 50.3 Å². The Morgan fingerprint density at radius 2 is 1.86 bits per heavy atom. The first-order valence-electron chi connectivity index (χ1n) is 11.7. The van der Waals surface area contributed by atoms with Crippen molar-refractivity contribution in [1.29, 1.82) is 0 Å². The summed E-state index contributed by atoms with van der Waals surface area (Å²) in [5, 5.41) is 12.5. The fraction of sp³-hybridized carbons (Fsp3) is 0.440. The van der Waals surface area contributed by atoms with Gasteiger partial charge in [0.1, 0.15) is 17.4 Å². The molecule has 0 unspecified atom stereocenters. The molecule has 2 aromatic heterocycles. The number of fused-ring (bicyclic) bond motifs is 1. The lowest BCUT2D eigenvalue weighted by molar-refractivity contribution is -0.113. The number of anilines is 1. The van der Waals surface area contributed by atoms with E-state index in [2.05, 4.69) is 15.5 Å². The van der Waals surface area contributed by atoms with E-state index in [0.29, 0.717) is 21.5 Å². The SMILES string of the molecule is COC(=O)c1c(NC(=O)CSc2nnc(COc3ccc(C)cc3)n2C)sc2c1CCCCCC2. The van der Waals surface area contributed by atoms with Gasteiger partial charge in [-0.3, -0.25) is 4.79 Å². The zero-order valence-corrected chi connectivity index (χ0v) is 21.9. The molecule has 4 rings (SSSR count). The summed E-state index contributed by atoms with van der Waals surface area (Å²) in [6.45, 7) is 2.31. The molecule has 0 aliphatic heterocycles. The largest absolute Gasteiger partial charge is 0.486 e. The Bertz CT molecular complexity index is 1190. The molecule has 8 nitrogen and oxygen atoms in total. The number of benzene rings is 1. The van der Waals surface area contributed by atoms with Crippen LogP contribution in [0.4, 0.5) is 5.00 Å². The van der Waals surface area contributed by atoms with Crippen LogP contribution in [0.25, 0.3) is 0 Å². The predicted octanol–water partition coefficient (Wildman–Crippen LogP) is 4.94. The highest BCUT2D eigenvalue weighted by atomic mass is 32.2. The monoisotopic (exact) mass is 514 g/mol. The van der Waals surface area contributed by atoms with Crippen molar-refractivity contribution >= 4 is 40.0 Å². The van der Waals surface area contributed by atoms with Gasteiger partial charge >= 0.3 is 5.97 Å². The average molecular weight is 515 g/mol. The second-order valence-electron chi connectivity index (χ2n) is 8.51. The summed E-state index contributed by atoms with van der Waals surface area (Å²) < 4.78 is 12.7. The summed E-state index contributed by atoms with van der Waals surface area (Å²) in [7, 11) is 3.23. The number of esters is 1. The van der Waals surface area contributed by atoms with E-state index < -0.39 is 5.97 Å². The molecule has 0 radical (unpaired) electrons. The molecule has 10 heteroatoms. The Kier molecular flexibility index (Phi) is 8.46. The number of nitrogens with one attached hydrogen (secondary N) is 1. The average Bonchev–Trinajstić information content (AvgIpc) is 3.35. The van der Waals surface area contributed by atoms with Gasteiger partial charge in [0.2, 0.25) is 5.91 Å². The molecule has 0 spiro atoms. The van der Waals surface area contributed by atoms with Gasteiger partial charge in [-0.2, -0.15) is 0 Å². The summed E-state index contributed by atoms with van der Waals surface area (Å²) in [6.07, 6.45) is 6.26. The number of hydrogen-bond acceptors (Lipinski definition) is 8. The number of hydrogen-bond donors (Lipinski definition) is 1. The van der Waals surface area contributed by atoms with Crippen LogP contribution in [0.2, 0.25) is 0 Å². The van der Waals surface area contributed by atoms with Crippen LogP contribution in [0.3, 0.4) is 0 Å². The van der Waals surface area contributed by atoms with Gasteiger partial charge in [-0.25, -0.2) is 4.79 Å². The van der Waals surface area contributed by atoms with Crippen LogP contribution in [-0.4, -0.2) is 39.5 Å². The number of ether oxygens (including phenoxy) is 2. The number of aryl methyl sites for hydroxylation is 2. The van der Waals surface area contributed by atoms with Crippen LogP contribution in [0.15, 0.2) is 29.4 Å². The molecular formula is C25H30N4O4S2. The summed E-state index contributed by atoms with van der Waals surface area (Å²) in [5.74, 6) is 0.985. The normalized spacial score (nSPS) is 13.5. The van der Waals surface area contributed by atoms with Crippen molar-refractivity contribution < 1.29 is 19.1 Å². The fourth-order valence-corrected chi connectivity index (χ4v) is 6.02. The maximum absolute atomic E-state index is 12.8. The van der Waals surface area contributed by atoms with Crippen LogP contribution in [0.5, 0.6) is 5.75 Å². The molecule has 0 saturated carbocycles. The van der Waals surface area contributed by atoms with Crippen molar-refractivity contribution in [2.75, 3.05) is 18.2 Å². The molecule has 0 atom stereocenters. The molecule has 1 N–H and O–H groups in total. The fourth-order valence-electron chi connectivity index (χ4n) is 4.00. The Hall–Kier alpha value is -2.85. The van der Waals surface area contributed by atoms with E-state index in [0.717, 1.165) is 43.4 Å². The lowest BCUT2D eigenvalue weighted by Gasteiger charge is -2.11. The van der Waals surface area contributed by atoms with Gasteiger partial charge in [0.25, 0.3) is 0 Å². The van der Waals surface area contributed by atoms with Gasteiger partial charge in [-0.15, -0.1) is 21.5 Å². The van der Waals surface area contributed by atoms with Crippen LogP contribution in [0.1, 0.15) is 57.9 Å². The molecule has 0 saturated heterocycles. The summed E-state index contributed by atoms with van der Waals surface area (Å²) in [4.78, 5) is 26.5. The molecule has 2 heterocycles. The standard InChI is InChI=1S/C25H30N4O4S2/c1-16-10-12-17(13-11-16)33-14-20-27-28-25(29(20)2)34-15-21(30)26-23-22(24(31)32-3)18-8-6-4-5-7-9-19(18)35-23/h10-13H,4-9,14-15H2,1-3H3,(H,26,30). The van der Waals surface area contributed by atoms with E-state index in [1.807, 2.05) is 42.8 Å². The van der Waals surface area contributed by atoms with E-state index in [1.165, 1.54) is 47.1 Å². The van der Waals surface area contributed by atoms with E-state index in [4.69, 9.17) is 9.47 Å². The lowest BCUT2D eigenvalue weighted by Crippen LogP contribution is -2.16. The zero-order chi connectivity index (χ0) is 24.8. The minimum atomic E-state index is -0.391. The number of nitrogens with zero attached hydrogens (tertiary/aromatic N) is 3. The summed E-state index contributed by atoms with van der Waals surface area (Å²) in [6, 6.07) is 7.82. The quantitative estimate of drug-likeness (QED) is 0.336. The molecule has 1 amide bonds. The number of rotatable bonds is 8. The third-order valence-corrected chi connectivity index (χ3v) is 8.19. The first-order valence-corrected chi connectivity index (χ1v) is 13.5. The van der Waals surface area contributed by atoms with Crippen molar-refractivity contribution in [2.24, 2.45) is 7.05 Å². The smallest absolute Gasteiger partial charge is 0.341 e. The molecule has 186 valence electrons. The summed E-state index contributed by atoms with van der Waals surface area (Å²) in [5.41, 5.74) is 2.72. The highest BCUT2D eigenvalue weighted by Crippen LogP contribution is 2.37. The Balaban J connectivity index is 1.38. The molecule has 1 aliphatic carbocycles. The van der Waals surface area contributed by atoms with Gasteiger partial charge in [0.05, 0.1) is 18.4 Å². The van der Waals surface area contributed by atoms with Crippen molar-refractivity contribution in [3.05, 3.63) is 51.7 Å². The van der Waals surface area contributed by atoms with Crippen molar-refractivity contribution in [3.63, 3.8) is 0 Å². The van der Waals surface area contributed by atoms with E-state index in [9.17, 15) is 9.59 Å². The highest BCUT2D eigenvalue weighted by Gasteiger charge is 2.26. The predicted molar refractivity (Wildman–Crippen MR) is 137 cm³/mol. The minimum Gasteiger partial charge on any atom is -0.486 e. The molecule has 0 fully saturated rings. The van der Waals surface area contributed by atoms with Gasteiger partial charge < -0.3 is 19.4 Å². The lowest BCUT2D eigenvalue weighted by atomic mass is 9.96. The third kappa shape index (κ3) is 6.24. The number of aromatic nitrogens is 3. The first-order chi connectivity index (χ1) is 17.0. The molecular weight excluding hydrogens is 484 g/mol. The highest BCUT2D eigenvalue weighted by molar-refractivity contribution is 7.99. The van der Waals surface area contributed by atoms with Crippen LogP contribution >= 0.6 is 23.1 Å². The third-order valence-electron chi connectivity index (χ3n) is 5.96. The van der Waals surface area contributed by atoms with E-state index in [1.54, 1.807) is 0 Å². The number of thiophene rings is 1. The summed E-state index contributed by atoms with van der Waals surface area (Å²) >= 11 is 2.79. The molecule has 3 aromatic rings. The number of thioether (sulfide) groups is 1. The number of methoxy groups -OCH3 is 1. The molecule has 0 bridgehead atoms. The Labute approximate surface area is 213 Å². The molecule has 35 heavy (non-hydrogen) atoms. The topological polar surface area (TPSA) is 95.3 Å². The Morgan fingerprint density at radius 1 is 1.11 bits per heavy atom. The van der Waals surface area contributed by atoms with Gasteiger partial charge in [0.15, 0.2) is 11.0 Å². The number of carbonyl (C=O) groups is 2. The Morgan fingerprint density at radius 3 is 2.60 bits per heavy atom. The maximum Gasteiger partial charge on any atom is 0.341 e.